The van der Waals surface area contributed by atoms with Gasteiger partial charge in [-0.2, -0.15) is 0 Å². The van der Waals surface area contributed by atoms with E-state index in [1.165, 1.54) is 48.6 Å². The molecule has 1 aromatic carbocycles. The smallest absolute Gasteiger partial charge is 0.0576 e. The van der Waals surface area contributed by atoms with Crippen LogP contribution in [0.1, 0.15) is 56.9 Å². The molecule has 2 rings (SSSR count). The zero-order valence-electron chi connectivity index (χ0n) is 13.1. The SMILES string of the molecule is CCCNCC(CCCC1CCCO1)c1ccccc1Br. The van der Waals surface area contributed by atoms with Crippen LogP contribution in [0.5, 0.6) is 0 Å². The third-order valence-electron chi connectivity index (χ3n) is 4.27. The van der Waals surface area contributed by atoms with Gasteiger partial charge in [0, 0.05) is 17.6 Å². The Morgan fingerprint density at radius 3 is 2.95 bits per heavy atom. The van der Waals surface area contributed by atoms with Crippen LogP contribution >= 0.6 is 15.9 Å². The molecule has 1 heterocycles. The molecule has 3 heteroatoms. The molecule has 1 N–H and O–H groups in total. The molecule has 1 aliphatic rings. The largest absolute Gasteiger partial charge is 0.378 e. The third-order valence-corrected chi connectivity index (χ3v) is 4.99. The van der Waals surface area contributed by atoms with Gasteiger partial charge in [-0.05, 0) is 56.2 Å². The summed E-state index contributed by atoms with van der Waals surface area (Å²) in [5.74, 6) is 0.591. The molecule has 1 saturated heterocycles. The van der Waals surface area contributed by atoms with E-state index in [0.717, 1.165) is 19.7 Å². The molecule has 0 saturated carbocycles. The number of benzene rings is 1. The lowest BCUT2D eigenvalue weighted by Gasteiger charge is -2.20. The van der Waals surface area contributed by atoms with Crippen LogP contribution in [0.25, 0.3) is 0 Å². The van der Waals surface area contributed by atoms with E-state index in [0.29, 0.717) is 12.0 Å². The van der Waals surface area contributed by atoms with Crippen LogP contribution in [0.3, 0.4) is 0 Å². The molecule has 0 aliphatic carbocycles. The predicted octanol–water partition coefficient (Wildman–Crippen LogP) is 4.88. The molecule has 118 valence electrons. The van der Waals surface area contributed by atoms with Gasteiger partial charge in [-0.1, -0.05) is 47.5 Å². The van der Waals surface area contributed by atoms with E-state index in [9.17, 15) is 0 Å². The van der Waals surface area contributed by atoms with Crippen LogP contribution in [-0.2, 0) is 4.74 Å². The molecule has 1 fully saturated rings. The first-order chi connectivity index (χ1) is 10.3. The van der Waals surface area contributed by atoms with Gasteiger partial charge in [0.2, 0.25) is 0 Å². The molecule has 2 nitrogen and oxygen atoms in total. The summed E-state index contributed by atoms with van der Waals surface area (Å²) in [4.78, 5) is 0. The van der Waals surface area contributed by atoms with Gasteiger partial charge < -0.3 is 10.1 Å². The standard InChI is InChI=1S/C18H28BrNO/c1-2-12-20-14-15(17-10-3-4-11-18(17)19)7-5-8-16-9-6-13-21-16/h3-4,10-11,15-16,20H,2,5-9,12-14H2,1H3. The van der Waals surface area contributed by atoms with Crippen molar-refractivity contribution in [1.82, 2.24) is 5.32 Å². The van der Waals surface area contributed by atoms with E-state index >= 15 is 0 Å². The minimum absolute atomic E-state index is 0.522. The Hall–Kier alpha value is -0.380. The van der Waals surface area contributed by atoms with Gasteiger partial charge >= 0.3 is 0 Å². The van der Waals surface area contributed by atoms with Crippen molar-refractivity contribution in [2.75, 3.05) is 19.7 Å². The second-order valence-corrected chi connectivity index (χ2v) is 6.84. The maximum absolute atomic E-state index is 5.74. The number of rotatable bonds is 9. The average Bonchev–Trinajstić information content (AvgIpc) is 3.00. The van der Waals surface area contributed by atoms with E-state index < -0.39 is 0 Å². The second-order valence-electron chi connectivity index (χ2n) is 5.99. The fourth-order valence-electron chi connectivity index (χ4n) is 3.09. The normalized spacial score (nSPS) is 19.8. The molecular formula is C18H28BrNO. The van der Waals surface area contributed by atoms with E-state index in [1.807, 2.05) is 0 Å². The van der Waals surface area contributed by atoms with Crippen molar-refractivity contribution >= 4 is 15.9 Å². The Kier molecular flexibility index (Phi) is 7.76. The van der Waals surface area contributed by atoms with E-state index in [2.05, 4.69) is 52.4 Å². The van der Waals surface area contributed by atoms with Crippen LogP contribution < -0.4 is 5.32 Å². The molecule has 1 aliphatic heterocycles. The van der Waals surface area contributed by atoms with Crippen molar-refractivity contribution in [3.05, 3.63) is 34.3 Å². The van der Waals surface area contributed by atoms with Crippen molar-refractivity contribution in [2.45, 2.75) is 57.5 Å². The zero-order valence-corrected chi connectivity index (χ0v) is 14.7. The first-order valence-corrected chi connectivity index (χ1v) is 9.17. The Labute approximate surface area is 137 Å². The van der Waals surface area contributed by atoms with Gasteiger partial charge in [0.1, 0.15) is 0 Å². The maximum atomic E-state index is 5.74. The fraction of sp³-hybridized carbons (Fsp3) is 0.667. The van der Waals surface area contributed by atoms with Gasteiger partial charge in [-0.15, -0.1) is 0 Å². The van der Waals surface area contributed by atoms with Crippen molar-refractivity contribution in [3.8, 4) is 0 Å². The number of hydrogen-bond donors (Lipinski definition) is 1. The van der Waals surface area contributed by atoms with Crippen LogP contribution in [0, 0.1) is 0 Å². The number of hydrogen-bond acceptors (Lipinski definition) is 2. The highest BCUT2D eigenvalue weighted by atomic mass is 79.9. The highest BCUT2D eigenvalue weighted by Crippen LogP contribution is 2.29. The summed E-state index contributed by atoms with van der Waals surface area (Å²) in [6.07, 6.45) is 7.93. The fourth-order valence-corrected chi connectivity index (χ4v) is 3.70. The minimum atomic E-state index is 0.522. The predicted molar refractivity (Wildman–Crippen MR) is 92.9 cm³/mol. The quantitative estimate of drug-likeness (QED) is 0.638. The van der Waals surface area contributed by atoms with Gasteiger partial charge in [-0.3, -0.25) is 0 Å². The van der Waals surface area contributed by atoms with Gasteiger partial charge in [-0.25, -0.2) is 0 Å². The van der Waals surface area contributed by atoms with Gasteiger partial charge in [0.25, 0.3) is 0 Å². The molecular weight excluding hydrogens is 326 g/mol. The molecule has 21 heavy (non-hydrogen) atoms. The van der Waals surface area contributed by atoms with Crippen molar-refractivity contribution in [1.29, 1.82) is 0 Å². The summed E-state index contributed by atoms with van der Waals surface area (Å²) < 4.78 is 6.98. The second kappa shape index (κ2) is 9.60. The Bertz CT molecular complexity index is 404. The number of ether oxygens (including phenoxy) is 1. The molecule has 0 radical (unpaired) electrons. The number of halogens is 1. The Morgan fingerprint density at radius 1 is 1.38 bits per heavy atom. The number of nitrogens with one attached hydrogen (secondary N) is 1. The zero-order chi connectivity index (χ0) is 14.9. The lowest BCUT2D eigenvalue weighted by atomic mass is 9.92. The van der Waals surface area contributed by atoms with Crippen LogP contribution in [0.2, 0.25) is 0 Å². The summed E-state index contributed by atoms with van der Waals surface area (Å²) in [7, 11) is 0. The summed E-state index contributed by atoms with van der Waals surface area (Å²) in [5.41, 5.74) is 1.44. The van der Waals surface area contributed by atoms with Crippen molar-refractivity contribution in [3.63, 3.8) is 0 Å². The monoisotopic (exact) mass is 353 g/mol. The Balaban J connectivity index is 1.86. The molecule has 0 bridgehead atoms. The minimum Gasteiger partial charge on any atom is -0.378 e. The van der Waals surface area contributed by atoms with Crippen LogP contribution in [-0.4, -0.2) is 25.8 Å². The summed E-state index contributed by atoms with van der Waals surface area (Å²) in [6.45, 7) is 5.36. The van der Waals surface area contributed by atoms with Gasteiger partial charge in [0.05, 0.1) is 6.10 Å². The molecule has 2 unspecified atom stereocenters. The van der Waals surface area contributed by atoms with Crippen LogP contribution in [0.4, 0.5) is 0 Å². The first-order valence-electron chi connectivity index (χ1n) is 8.38. The maximum Gasteiger partial charge on any atom is 0.0576 e. The summed E-state index contributed by atoms with van der Waals surface area (Å²) in [5, 5.41) is 3.59. The lowest BCUT2D eigenvalue weighted by Crippen LogP contribution is -2.23. The lowest BCUT2D eigenvalue weighted by molar-refractivity contribution is 0.101. The third kappa shape index (κ3) is 5.72. The molecule has 0 amide bonds. The van der Waals surface area contributed by atoms with Crippen molar-refractivity contribution in [2.24, 2.45) is 0 Å². The van der Waals surface area contributed by atoms with E-state index in [-0.39, 0.29) is 0 Å². The molecule has 1 aromatic rings. The Morgan fingerprint density at radius 2 is 2.24 bits per heavy atom. The first kappa shape index (κ1) is 17.0. The van der Waals surface area contributed by atoms with Crippen LogP contribution in [0.15, 0.2) is 28.7 Å². The summed E-state index contributed by atoms with van der Waals surface area (Å²) in [6, 6.07) is 8.65. The average molecular weight is 354 g/mol. The summed E-state index contributed by atoms with van der Waals surface area (Å²) >= 11 is 3.71. The van der Waals surface area contributed by atoms with E-state index in [4.69, 9.17) is 4.74 Å². The highest BCUT2D eigenvalue weighted by Gasteiger charge is 2.18. The van der Waals surface area contributed by atoms with E-state index in [1.54, 1.807) is 0 Å². The molecule has 2 atom stereocenters. The van der Waals surface area contributed by atoms with Crippen molar-refractivity contribution < 1.29 is 4.74 Å². The van der Waals surface area contributed by atoms with Gasteiger partial charge in [0.15, 0.2) is 0 Å². The molecule has 0 spiro atoms. The highest BCUT2D eigenvalue weighted by molar-refractivity contribution is 9.10. The molecule has 0 aromatic heterocycles. The topological polar surface area (TPSA) is 21.3 Å².